The lowest BCUT2D eigenvalue weighted by atomic mass is 9.75. The number of amides is 5. The molecule has 0 aromatic rings. The van der Waals surface area contributed by atoms with E-state index in [1.807, 2.05) is 0 Å². The highest BCUT2D eigenvalue weighted by Crippen LogP contribution is 2.41. The fourth-order valence-corrected chi connectivity index (χ4v) is 6.07. The van der Waals surface area contributed by atoms with Gasteiger partial charge in [0, 0.05) is 38.6 Å². The third kappa shape index (κ3) is 4.92. The molecule has 2 saturated carbocycles. The Bertz CT molecular complexity index is 759. The molecule has 32 heavy (non-hydrogen) atoms. The minimum absolute atomic E-state index is 0.0300. The lowest BCUT2D eigenvalue weighted by Gasteiger charge is -2.34. The van der Waals surface area contributed by atoms with Crippen molar-refractivity contribution < 1.29 is 23.9 Å². The molecule has 0 radical (unpaired) electrons. The molecule has 0 spiro atoms. The summed E-state index contributed by atoms with van der Waals surface area (Å²) >= 11 is 0. The van der Waals surface area contributed by atoms with Gasteiger partial charge in [0.05, 0.1) is 6.10 Å². The molecule has 2 heterocycles. The van der Waals surface area contributed by atoms with E-state index in [2.05, 4.69) is 22.9 Å². The van der Waals surface area contributed by atoms with Crippen LogP contribution < -0.4 is 16.0 Å². The number of hydrogen-bond acceptors (Lipinski definition) is 5. The number of imide groups is 1. The number of fused-ring (bicyclic) bond motifs is 1. The smallest absolute Gasteiger partial charge is 0.315 e. The number of carbonyl (C=O) groups excluding carboxylic acids is 4. The maximum atomic E-state index is 13.1. The van der Waals surface area contributed by atoms with Crippen LogP contribution in [0, 0.1) is 23.7 Å². The van der Waals surface area contributed by atoms with Crippen LogP contribution in [-0.2, 0) is 19.1 Å². The number of carbonyl (C=O) groups is 4. The Labute approximate surface area is 189 Å². The summed E-state index contributed by atoms with van der Waals surface area (Å²) in [4.78, 5) is 50.9. The monoisotopic (exact) mass is 448 g/mol. The highest BCUT2D eigenvalue weighted by atomic mass is 16.5. The molecule has 9 heteroatoms. The minimum Gasteiger partial charge on any atom is -0.381 e. The van der Waals surface area contributed by atoms with Crippen molar-refractivity contribution in [3.05, 3.63) is 0 Å². The third-order valence-corrected chi connectivity index (χ3v) is 8.04. The molecule has 2 aliphatic carbocycles. The van der Waals surface area contributed by atoms with E-state index >= 15 is 0 Å². The van der Waals surface area contributed by atoms with Crippen molar-refractivity contribution in [2.45, 2.75) is 76.5 Å². The summed E-state index contributed by atoms with van der Waals surface area (Å²) in [6, 6.07) is -0.498. The molecule has 5 amide bonds. The fourth-order valence-electron chi connectivity index (χ4n) is 6.07. The second kappa shape index (κ2) is 9.77. The number of rotatable bonds is 5. The Morgan fingerprint density at radius 2 is 1.94 bits per heavy atom. The highest BCUT2D eigenvalue weighted by Gasteiger charge is 2.48. The Morgan fingerprint density at radius 1 is 1.12 bits per heavy atom. The van der Waals surface area contributed by atoms with E-state index in [0.717, 1.165) is 38.5 Å². The van der Waals surface area contributed by atoms with Gasteiger partial charge in [-0.25, -0.2) is 4.79 Å². The van der Waals surface area contributed by atoms with Gasteiger partial charge >= 0.3 is 6.03 Å². The first-order valence-electron chi connectivity index (χ1n) is 12.1. The molecule has 0 bridgehead atoms. The summed E-state index contributed by atoms with van der Waals surface area (Å²) in [5.41, 5.74) is 0. The van der Waals surface area contributed by atoms with Crippen molar-refractivity contribution in [2.24, 2.45) is 23.7 Å². The second-order valence-corrected chi connectivity index (χ2v) is 10.1. The topological polar surface area (TPSA) is 117 Å². The Morgan fingerprint density at radius 3 is 2.66 bits per heavy atom. The van der Waals surface area contributed by atoms with Gasteiger partial charge in [-0.2, -0.15) is 0 Å². The molecule has 2 aliphatic heterocycles. The van der Waals surface area contributed by atoms with E-state index in [4.69, 9.17) is 4.74 Å². The summed E-state index contributed by atoms with van der Waals surface area (Å²) in [5, 5.41) is 8.49. The molecule has 4 rings (SSSR count). The van der Waals surface area contributed by atoms with Crippen molar-refractivity contribution in [3.8, 4) is 0 Å². The zero-order valence-electron chi connectivity index (χ0n) is 19.1. The van der Waals surface area contributed by atoms with Gasteiger partial charge in [0.2, 0.25) is 17.7 Å². The number of methoxy groups -OCH3 is 1. The summed E-state index contributed by atoms with van der Waals surface area (Å²) in [7, 11) is 1.74. The number of nitrogens with zero attached hydrogens (tertiary/aromatic N) is 1. The van der Waals surface area contributed by atoms with E-state index < -0.39 is 6.04 Å². The second-order valence-electron chi connectivity index (χ2n) is 10.1. The van der Waals surface area contributed by atoms with Crippen LogP contribution >= 0.6 is 0 Å². The number of urea groups is 1. The molecule has 7 atom stereocenters. The van der Waals surface area contributed by atoms with Crippen LogP contribution in [0.5, 0.6) is 0 Å². The van der Waals surface area contributed by atoms with Crippen LogP contribution in [0.3, 0.4) is 0 Å². The standard InChI is InChI=1S/C23H36N4O5/c1-13-9-16(32-2)5-6-18(13)25-23(31)24-11-14-3-4-15-12-27(22(30)17(15)10-14)19-7-8-20(28)26-21(19)29/h13-19H,3-12H2,1-2H3,(H2,24,25,31)(H,26,28,29). The van der Waals surface area contributed by atoms with Crippen LogP contribution in [0.1, 0.15) is 58.3 Å². The number of hydrogen-bond donors (Lipinski definition) is 3. The van der Waals surface area contributed by atoms with Crippen LogP contribution in [-0.4, -0.2) is 67.0 Å². The average Bonchev–Trinajstić information content (AvgIpc) is 3.09. The minimum atomic E-state index is -0.525. The van der Waals surface area contributed by atoms with Gasteiger partial charge in [0.1, 0.15) is 6.04 Å². The molecule has 4 fully saturated rings. The summed E-state index contributed by atoms with van der Waals surface area (Å²) in [6.07, 6.45) is 6.44. The van der Waals surface area contributed by atoms with Crippen LogP contribution in [0.2, 0.25) is 0 Å². The van der Waals surface area contributed by atoms with Crippen LogP contribution in [0.4, 0.5) is 4.79 Å². The van der Waals surface area contributed by atoms with Crippen molar-refractivity contribution in [1.29, 1.82) is 0 Å². The van der Waals surface area contributed by atoms with E-state index in [1.54, 1.807) is 12.0 Å². The molecule has 178 valence electrons. The first-order chi connectivity index (χ1) is 15.4. The molecule has 4 aliphatic rings. The zero-order chi connectivity index (χ0) is 22.8. The van der Waals surface area contributed by atoms with Gasteiger partial charge in [-0.15, -0.1) is 0 Å². The molecule has 0 aromatic carbocycles. The molecule has 2 saturated heterocycles. The predicted octanol–water partition coefficient (Wildman–Crippen LogP) is 1.17. The Balaban J connectivity index is 1.24. The van der Waals surface area contributed by atoms with Crippen molar-refractivity contribution in [3.63, 3.8) is 0 Å². The largest absolute Gasteiger partial charge is 0.381 e. The first kappa shape index (κ1) is 23.0. The number of nitrogens with one attached hydrogen (secondary N) is 3. The van der Waals surface area contributed by atoms with Gasteiger partial charge in [-0.05, 0) is 62.7 Å². The molecule has 0 aromatic heterocycles. The number of ether oxygens (including phenoxy) is 1. The normalized spacial score (nSPS) is 37.6. The maximum Gasteiger partial charge on any atom is 0.315 e. The Hall–Kier alpha value is -2.16. The molecule has 3 N–H and O–H groups in total. The fraction of sp³-hybridized carbons (Fsp3) is 0.826. The van der Waals surface area contributed by atoms with E-state index in [-0.39, 0.29) is 60.1 Å². The van der Waals surface area contributed by atoms with E-state index in [1.165, 1.54) is 0 Å². The number of piperidine rings is 1. The number of likely N-dealkylation sites (tertiary alicyclic amines) is 1. The van der Waals surface area contributed by atoms with Crippen molar-refractivity contribution in [1.82, 2.24) is 20.9 Å². The molecular weight excluding hydrogens is 412 g/mol. The predicted molar refractivity (Wildman–Crippen MR) is 116 cm³/mol. The van der Waals surface area contributed by atoms with Gasteiger partial charge in [0.15, 0.2) is 0 Å². The van der Waals surface area contributed by atoms with Gasteiger partial charge in [-0.3, -0.25) is 19.7 Å². The van der Waals surface area contributed by atoms with E-state index in [0.29, 0.717) is 25.4 Å². The summed E-state index contributed by atoms with van der Waals surface area (Å²) in [6.45, 7) is 3.30. The Kier molecular flexibility index (Phi) is 7.02. The molecular formula is C23H36N4O5. The zero-order valence-corrected chi connectivity index (χ0v) is 19.1. The summed E-state index contributed by atoms with van der Waals surface area (Å²) in [5.74, 6) is 0.224. The van der Waals surface area contributed by atoms with Crippen LogP contribution in [0.25, 0.3) is 0 Å². The van der Waals surface area contributed by atoms with E-state index in [9.17, 15) is 19.2 Å². The highest BCUT2D eigenvalue weighted by molar-refractivity contribution is 6.02. The third-order valence-electron chi connectivity index (χ3n) is 8.04. The SMILES string of the molecule is COC1CCC(NC(=O)NCC2CCC3CN(C4CCC(=O)NC4=O)C(=O)C3C2)C(C)C1. The van der Waals surface area contributed by atoms with Gasteiger partial charge in [0.25, 0.3) is 0 Å². The first-order valence-corrected chi connectivity index (χ1v) is 12.1. The molecule has 9 nitrogen and oxygen atoms in total. The lowest BCUT2D eigenvalue weighted by molar-refractivity contribution is -0.144. The quantitative estimate of drug-likeness (QED) is 0.546. The lowest BCUT2D eigenvalue weighted by Crippen LogP contribution is -2.53. The van der Waals surface area contributed by atoms with Crippen molar-refractivity contribution in [2.75, 3.05) is 20.2 Å². The average molecular weight is 449 g/mol. The van der Waals surface area contributed by atoms with Crippen molar-refractivity contribution >= 4 is 23.8 Å². The molecule has 7 unspecified atom stereocenters. The van der Waals surface area contributed by atoms with Gasteiger partial charge in [-0.1, -0.05) is 6.92 Å². The maximum absolute atomic E-state index is 13.1. The summed E-state index contributed by atoms with van der Waals surface area (Å²) < 4.78 is 5.45. The van der Waals surface area contributed by atoms with Gasteiger partial charge < -0.3 is 20.3 Å². The van der Waals surface area contributed by atoms with Crippen LogP contribution in [0.15, 0.2) is 0 Å².